The minimum absolute atomic E-state index is 0.134. The Bertz CT molecular complexity index is 706. The molecule has 1 atom stereocenters. The van der Waals surface area contributed by atoms with E-state index >= 15 is 0 Å². The van der Waals surface area contributed by atoms with Gasteiger partial charge in [-0.25, -0.2) is 4.68 Å². The molecule has 130 valence electrons. The fourth-order valence-corrected chi connectivity index (χ4v) is 2.77. The highest BCUT2D eigenvalue weighted by atomic mass is 32.2. The van der Waals surface area contributed by atoms with Crippen molar-refractivity contribution in [3.8, 4) is 5.75 Å². The maximum Gasteiger partial charge on any atom is 0.237 e. The molecule has 0 radical (unpaired) electrons. The molecule has 0 aliphatic rings. The monoisotopic (exact) mass is 349 g/mol. The van der Waals surface area contributed by atoms with Gasteiger partial charge < -0.3 is 15.9 Å². The molecule has 1 aromatic carbocycles. The lowest BCUT2D eigenvalue weighted by atomic mass is 9.96. The molecule has 1 heterocycles. The lowest BCUT2D eigenvalue weighted by molar-refractivity contribution is -0.115. The molecule has 8 heteroatoms. The summed E-state index contributed by atoms with van der Waals surface area (Å²) in [6.07, 6.45) is 0. The molecule has 1 aromatic heterocycles. The molecule has 0 fully saturated rings. The molecule has 7 nitrogen and oxygen atoms in total. The van der Waals surface area contributed by atoms with Gasteiger partial charge in [-0.05, 0) is 31.2 Å². The highest BCUT2D eigenvalue weighted by Gasteiger charge is 2.25. The topological polar surface area (TPSA) is 95.1 Å². The number of hydrogen-bond acceptors (Lipinski definition) is 6. The normalized spacial score (nSPS) is 12.7. The van der Waals surface area contributed by atoms with Crippen LogP contribution < -0.4 is 15.9 Å². The first-order chi connectivity index (χ1) is 11.2. The first kappa shape index (κ1) is 18.1. The van der Waals surface area contributed by atoms with Crippen molar-refractivity contribution in [3.05, 3.63) is 30.1 Å². The van der Waals surface area contributed by atoms with Crippen molar-refractivity contribution >= 4 is 23.4 Å². The van der Waals surface area contributed by atoms with Gasteiger partial charge in [0.15, 0.2) is 5.82 Å². The van der Waals surface area contributed by atoms with Crippen LogP contribution in [-0.4, -0.2) is 33.1 Å². The number of aromatic nitrogens is 3. The fourth-order valence-electron chi connectivity index (χ4n) is 2.00. The van der Waals surface area contributed by atoms with Gasteiger partial charge in [-0.3, -0.25) is 4.79 Å². The second kappa shape index (κ2) is 7.12. The molecule has 2 rings (SSSR count). The summed E-state index contributed by atoms with van der Waals surface area (Å²) in [5.74, 6) is 7.33. The predicted molar refractivity (Wildman–Crippen MR) is 95.8 cm³/mol. The number of amides is 1. The van der Waals surface area contributed by atoms with E-state index < -0.39 is 0 Å². The summed E-state index contributed by atoms with van der Waals surface area (Å²) in [6.45, 7) is 7.83. The number of nitrogen functional groups attached to an aromatic ring is 1. The third-order valence-electron chi connectivity index (χ3n) is 3.34. The van der Waals surface area contributed by atoms with Crippen molar-refractivity contribution in [1.29, 1.82) is 0 Å². The number of anilines is 1. The van der Waals surface area contributed by atoms with E-state index in [1.165, 1.54) is 16.4 Å². The predicted octanol–water partition coefficient (Wildman–Crippen LogP) is 2.42. The number of nitrogens with one attached hydrogen (secondary N) is 1. The first-order valence-electron chi connectivity index (χ1n) is 7.55. The van der Waals surface area contributed by atoms with Gasteiger partial charge >= 0.3 is 0 Å². The van der Waals surface area contributed by atoms with E-state index in [4.69, 9.17) is 10.6 Å². The second-order valence-corrected chi connectivity index (χ2v) is 7.71. The van der Waals surface area contributed by atoms with Gasteiger partial charge in [0.1, 0.15) is 5.75 Å². The molecule has 3 N–H and O–H groups in total. The Morgan fingerprint density at radius 1 is 1.29 bits per heavy atom. The van der Waals surface area contributed by atoms with E-state index in [0.29, 0.717) is 16.7 Å². The van der Waals surface area contributed by atoms with E-state index in [1.807, 2.05) is 20.8 Å². The molecule has 1 amide bonds. The standard InChI is InChI=1S/C16H23N5O2S/c1-10(13(22)18-11-6-8-12(23-5)9-7-11)24-15-20-19-14(21(15)17)16(2,3)4/h6-10H,17H2,1-5H3,(H,18,22). The molecular weight excluding hydrogens is 326 g/mol. The van der Waals surface area contributed by atoms with Crippen LogP contribution in [0.5, 0.6) is 5.75 Å². The minimum Gasteiger partial charge on any atom is -0.497 e. The van der Waals surface area contributed by atoms with Crippen molar-refractivity contribution in [3.63, 3.8) is 0 Å². The summed E-state index contributed by atoms with van der Waals surface area (Å²) < 4.78 is 6.54. The number of benzene rings is 1. The third-order valence-corrected chi connectivity index (χ3v) is 4.40. The first-order valence-corrected chi connectivity index (χ1v) is 8.43. The average molecular weight is 349 g/mol. The SMILES string of the molecule is COc1ccc(NC(=O)C(C)Sc2nnc(C(C)(C)C)n2N)cc1. The van der Waals surface area contributed by atoms with Crippen molar-refractivity contribution in [2.75, 3.05) is 18.3 Å². The van der Waals surface area contributed by atoms with Gasteiger partial charge in [0.25, 0.3) is 0 Å². The highest BCUT2D eigenvalue weighted by molar-refractivity contribution is 8.00. The average Bonchev–Trinajstić information content (AvgIpc) is 2.89. The Labute approximate surface area is 145 Å². The Morgan fingerprint density at radius 3 is 2.42 bits per heavy atom. The van der Waals surface area contributed by atoms with Gasteiger partial charge in [-0.15, -0.1) is 10.2 Å². The number of carbonyl (C=O) groups is 1. The van der Waals surface area contributed by atoms with Gasteiger partial charge in [-0.2, -0.15) is 0 Å². The lowest BCUT2D eigenvalue weighted by Gasteiger charge is -2.17. The van der Waals surface area contributed by atoms with Crippen molar-refractivity contribution in [1.82, 2.24) is 14.9 Å². The van der Waals surface area contributed by atoms with E-state index in [1.54, 1.807) is 38.3 Å². The molecule has 24 heavy (non-hydrogen) atoms. The molecule has 0 saturated carbocycles. The number of nitrogens with zero attached hydrogens (tertiary/aromatic N) is 3. The number of rotatable bonds is 5. The lowest BCUT2D eigenvalue weighted by Crippen LogP contribution is -2.26. The summed E-state index contributed by atoms with van der Waals surface area (Å²) >= 11 is 1.27. The summed E-state index contributed by atoms with van der Waals surface area (Å²) in [6, 6.07) is 7.16. The van der Waals surface area contributed by atoms with Crippen LogP contribution in [-0.2, 0) is 10.2 Å². The minimum atomic E-state index is -0.369. The molecule has 0 spiro atoms. The number of thioether (sulfide) groups is 1. The Kier molecular flexibility index (Phi) is 5.38. The fraction of sp³-hybridized carbons (Fsp3) is 0.438. The molecule has 1 unspecified atom stereocenters. The summed E-state index contributed by atoms with van der Waals surface area (Å²) in [5.41, 5.74) is 0.493. The van der Waals surface area contributed by atoms with E-state index in [2.05, 4.69) is 15.5 Å². The number of methoxy groups -OCH3 is 1. The Hall–Kier alpha value is -2.22. The van der Waals surface area contributed by atoms with Crippen LogP contribution >= 0.6 is 11.8 Å². The maximum atomic E-state index is 12.3. The molecule has 0 bridgehead atoms. The summed E-state index contributed by atoms with van der Waals surface area (Å²) in [7, 11) is 1.60. The zero-order valence-corrected chi connectivity index (χ0v) is 15.3. The number of ether oxygens (including phenoxy) is 1. The third kappa shape index (κ3) is 4.19. The molecule has 2 aromatic rings. The largest absolute Gasteiger partial charge is 0.497 e. The molecular formula is C16H23N5O2S. The molecule has 0 aliphatic carbocycles. The van der Waals surface area contributed by atoms with Crippen molar-refractivity contribution in [2.24, 2.45) is 0 Å². The van der Waals surface area contributed by atoms with Gasteiger partial charge in [-0.1, -0.05) is 32.5 Å². The van der Waals surface area contributed by atoms with E-state index in [0.717, 1.165) is 5.75 Å². The van der Waals surface area contributed by atoms with Crippen LogP contribution in [0.4, 0.5) is 5.69 Å². The zero-order chi connectivity index (χ0) is 17.9. The second-order valence-electron chi connectivity index (χ2n) is 6.40. The van der Waals surface area contributed by atoms with Crippen LogP contribution in [0, 0.1) is 0 Å². The van der Waals surface area contributed by atoms with Gasteiger partial charge in [0, 0.05) is 11.1 Å². The number of nitrogens with two attached hydrogens (primary N) is 1. The molecule has 0 saturated heterocycles. The Balaban J connectivity index is 2.02. The van der Waals surface area contributed by atoms with Crippen LogP contribution in [0.3, 0.4) is 0 Å². The van der Waals surface area contributed by atoms with Crippen LogP contribution in [0.15, 0.2) is 29.4 Å². The Morgan fingerprint density at radius 2 is 1.92 bits per heavy atom. The quantitative estimate of drug-likeness (QED) is 0.636. The van der Waals surface area contributed by atoms with Gasteiger partial charge in [0.05, 0.1) is 12.4 Å². The van der Waals surface area contributed by atoms with Crippen LogP contribution in [0.1, 0.15) is 33.5 Å². The maximum absolute atomic E-state index is 12.3. The highest BCUT2D eigenvalue weighted by Crippen LogP contribution is 2.26. The van der Waals surface area contributed by atoms with Gasteiger partial charge in [0.2, 0.25) is 11.1 Å². The zero-order valence-electron chi connectivity index (χ0n) is 14.5. The van der Waals surface area contributed by atoms with E-state index in [-0.39, 0.29) is 16.6 Å². The van der Waals surface area contributed by atoms with Crippen molar-refractivity contribution in [2.45, 2.75) is 43.5 Å². The van der Waals surface area contributed by atoms with Crippen LogP contribution in [0.25, 0.3) is 0 Å². The smallest absolute Gasteiger partial charge is 0.237 e. The summed E-state index contributed by atoms with van der Waals surface area (Å²) in [4.78, 5) is 12.3. The number of hydrogen-bond donors (Lipinski definition) is 2. The van der Waals surface area contributed by atoms with E-state index in [9.17, 15) is 4.79 Å². The molecule has 0 aliphatic heterocycles. The summed E-state index contributed by atoms with van der Waals surface area (Å²) in [5, 5.41) is 11.2. The van der Waals surface area contributed by atoms with Crippen LogP contribution in [0.2, 0.25) is 0 Å². The van der Waals surface area contributed by atoms with Crippen molar-refractivity contribution < 1.29 is 9.53 Å². The number of carbonyl (C=O) groups excluding carboxylic acids is 1.